The number of carbonyl (C=O) groups is 1. The SMILES string of the molecule is COC(=O)C(C)CS(=O)(=O)C1CCOC2(CCSCC2)C1. The lowest BCUT2D eigenvalue weighted by molar-refractivity contribution is -0.144. The van der Waals surface area contributed by atoms with Gasteiger partial charge in [0.25, 0.3) is 0 Å². The molecule has 0 aromatic rings. The van der Waals surface area contributed by atoms with Crippen molar-refractivity contribution in [1.82, 2.24) is 0 Å². The van der Waals surface area contributed by atoms with Crippen LogP contribution in [-0.2, 0) is 24.1 Å². The van der Waals surface area contributed by atoms with Gasteiger partial charge in [0.1, 0.15) is 0 Å². The van der Waals surface area contributed by atoms with E-state index in [0.29, 0.717) is 19.4 Å². The zero-order valence-corrected chi connectivity index (χ0v) is 14.3. The van der Waals surface area contributed by atoms with Crippen LogP contribution in [0.15, 0.2) is 0 Å². The topological polar surface area (TPSA) is 69.7 Å². The third-order valence-electron chi connectivity index (χ3n) is 4.45. The van der Waals surface area contributed by atoms with Gasteiger partial charge in [-0.25, -0.2) is 8.42 Å². The highest BCUT2D eigenvalue weighted by Crippen LogP contribution is 2.39. The second-order valence-electron chi connectivity index (χ2n) is 6.01. The van der Waals surface area contributed by atoms with Gasteiger partial charge >= 0.3 is 5.97 Å². The normalized spacial score (nSPS) is 27.2. The fraction of sp³-hybridized carbons (Fsp3) is 0.929. The van der Waals surface area contributed by atoms with Crippen LogP contribution in [0.3, 0.4) is 0 Å². The molecule has 5 nitrogen and oxygen atoms in total. The molecular weight excluding hydrogens is 312 g/mol. The van der Waals surface area contributed by atoms with Crippen LogP contribution in [0.25, 0.3) is 0 Å². The van der Waals surface area contributed by atoms with Crippen LogP contribution in [0, 0.1) is 5.92 Å². The molecule has 2 unspecified atom stereocenters. The minimum absolute atomic E-state index is 0.130. The molecule has 0 radical (unpaired) electrons. The quantitative estimate of drug-likeness (QED) is 0.727. The van der Waals surface area contributed by atoms with Crippen molar-refractivity contribution in [2.45, 2.75) is 43.5 Å². The predicted octanol–water partition coefficient (Wildman–Crippen LogP) is 1.66. The number of hydrogen-bond acceptors (Lipinski definition) is 6. The van der Waals surface area contributed by atoms with E-state index in [4.69, 9.17) is 4.74 Å². The lowest BCUT2D eigenvalue weighted by atomic mass is 9.88. The number of thioether (sulfide) groups is 1. The summed E-state index contributed by atoms with van der Waals surface area (Å²) in [5, 5.41) is -0.388. The molecule has 2 aliphatic heterocycles. The molecule has 0 aliphatic carbocycles. The molecule has 0 bridgehead atoms. The molecule has 122 valence electrons. The van der Waals surface area contributed by atoms with E-state index in [1.807, 2.05) is 11.8 Å². The van der Waals surface area contributed by atoms with Crippen LogP contribution < -0.4 is 0 Å². The van der Waals surface area contributed by atoms with E-state index in [9.17, 15) is 13.2 Å². The summed E-state index contributed by atoms with van der Waals surface area (Å²) in [7, 11) is -2.01. The van der Waals surface area contributed by atoms with Crippen molar-refractivity contribution in [2.75, 3.05) is 31.0 Å². The van der Waals surface area contributed by atoms with Gasteiger partial charge < -0.3 is 9.47 Å². The smallest absolute Gasteiger partial charge is 0.309 e. The fourth-order valence-corrected chi connectivity index (χ4v) is 6.49. The van der Waals surface area contributed by atoms with Crippen LogP contribution in [0.2, 0.25) is 0 Å². The molecule has 0 amide bonds. The van der Waals surface area contributed by atoms with Crippen molar-refractivity contribution < 1.29 is 22.7 Å². The maximum atomic E-state index is 12.6. The highest BCUT2D eigenvalue weighted by molar-refractivity contribution is 7.99. The van der Waals surface area contributed by atoms with Gasteiger partial charge in [-0.3, -0.25) is 4.79 Å². The van der Waals surface area contributed by atoms with E-state index < -0.39 is 21.7 Å². The molecule has 2 rings (SSSR count). The summed E-state index contributed by atoms with van der Waals surface area (Å²) in [6.07, 6.45) is 2.96. The summed E-state index contributed by atoms with van der Waals surface area (Å²) in [5.41, 5.74) is -0.254. The lowest BCUT2D eigenvalue weighted by Gasteiger charge is -2.43. The number of ether oxygens (including phenoxy) is 2. The van der Waals surface area contributed by atoms with Gasteiger partial charge in [0.15, 0.2) is 9.84 Å². The number of rotatable bonds is 4. The third kappa shape index (κ3) is 4.13. The highest BCUT2D eigenvalue weighted by Gasteiger charge is 2.43. The van der Waals surface area contributed by atoms with E-state index in [1.54, 1.807) is 6.92 Å². The van der Waals surface area contributed by atoms with E-state index in [0.717, 1.165) is 24.3 Å². The van der Waals surface area contributed by atoms with Crippen molar-refractivity contribution in [3.63, 3.8) is 0 Å². The molecule has 0 aromatic heterocycles. The molecule has 7 heteroatoms. The maximum Gasteiger partial charge on any atom is 0.309 e. The molecule has 2 fully saturated rings. The third-order valence-corrected chi connectivity index (χ3v) is 7.81. The molecule has 2 heterocycles. The Kier molecular flexibility index (Phi) is 5.59. The van der Waals surface area contributed by atoms with Crippen molar-refractivity contribution in [1.29, 1.82) is 0 Å². The van der Waals surface area contributed by atoms with Gasteiger partial charge in [-0.1, -0.05) is 6.92 Å². The van der Waals surface area contributed by atoms with E-state index >= 15 is 0 Å². The minimum atomic E-state index is -3.30. The van der Waals surface area contributed by atoms with Crippen LogP contribution in [0.1, 0.15) is 32.6 Å². The first-order valence-corrected chi connectivity index (χ1v) is 10.3. The van der Waals surface area contributed by atoms with Gasteiger partial charge in [0.05, 0.1) is 29.6 Å². The zero-order chi connectivity index (χ0) is 15.5. The lowest BCUT2D eigenvalue weighted by Crippen LogP contribution is -2.47. The number of carbonyl (C=O) groups excluding carboxylic acids is 1. The van der Waals surface area contributed by atoms with E-state index in [1.165, 1.54) is 7.11 Å². The Bertz CT molecular complexity index is 462. The first kappa shape index (κ1) is 17.1. The minimum Gasteiger partial charge on any atom is -0.469 e. The summed E-state index contributed by atoms with van der Waals surface area (Å²) < 4.78 is 35.7. The summed E-state index contributed by atoms with van der Waals surface area (Å²) in [4.78, 5) is 11.5. The fourth-order valence-electron chi connectivity index (χ4n) is 3.13. The Morgan fingerprint density at radius 2 is 2.10 bits per heavy atom. The zero-order valence-electron chi connectivity index (χ0n) is 12.7. The number of hydrogen-bond donors (Lipinski definition) is 0. The average molecular weight is 336 g/mol. The van der Waals surface area contributed by atoms with Crippen molar-refractivity contribution in [2.24, 2.45) is 5.92 Å². The Balaban J connectivity index is 2.04. The number of sulfone groups is 1. The summed E-state index contributed by atoms with van der Waals surface area (Å²) in [6.45, 7) is 2.11. The van der Waals surface area contributed by atoms with Crippen LogP contribution in [-0.4, -0.2) is 56.2 Å². The molecule has 0 N–H and O–H groups in total. The summed E-state index contributed by atoms with van der Waals surface area (Å²) in [6, 6.07) is 0. The number of esters is 1. The molecule has 21 heavy (non-hydrogen) atoms. The summed E-state index contributed by atoms with van der Waals surface area (Å²) in [5.74, 6) is 0.862. The van der Waals surface area contributed by atoms with Gasteiger partial charge in [0.2, 0.25) is 0 Å². The van der Waals surface area contributed by atoms with Gasteiger partial charge in [-0.2, -0.15) is 11.8 Å². The van der Waals surface area contributed by atoms with E-state index in [-0.39, 0.29) is 16.6 Å². The molecule has 2 atom stereocenters. The molecule has 1 spiro atoms. The molecule has 2 aliphatic rings. The molecular formula is C14H24O5S2. The van der Waals surface area contributed by atoms with Gasteiger partial charge in [-0.05, 0) is 37.2 Å². The van der Waals surface area contributed by atoms with Gasteiger partial charge in [-0.15, -0.1) is 0 Å². The first-order valence-electron chi connectivity index (χ1n) is 7.40. The van der Waals surface area contributed by atoms with Crippen molar-refractivity contribution >= 4 is 27.6 Å². The Labute approximate surface area is 131 Å². The molecule has 2 saturated heterocycles. The predicted molar refractivity (Wildman–Crippen MR) is 83.2 cm³/mol. The second-order valence-corrected chi connectivity index (χ2v) is 9.56. The monoisotopic (exact) mass is 336 g/mol. The van der Waals surface area contributed by atoms with Crippen LogP contribution >= 0.6 is 11.8 Å². The molecule has 0 saturated carbocycles. The van der Waals surface area contributed by atoms with E-state index in [2.05, 4.69) is 4.74 Å². The van der Waals surface area contributed by atoms with Crippen molar-refractivity contribution in [3.05, 3.63) is 0 Å². The van der Waals surface area contributed by atoms with Crippen molar-refractivity contribution in [3.8, 4) is 0 Å². The Morgan fingerprint density at radius 1 is 1.43 bits per heavy atom. The highest BCUT2D eigenvalue weighted by atomic mass is 32.2. The van der Waals surface area contributed by atoms with Crippen LogP contribution in [0.4, 0.5) is 0 Å². The number of methoxy groups -OCH3 is 1. The average Bonchev–Trinajstić information content (AvgIpc) is 2.46. The molecule has 0 aromatic carbocycles. The first-order chi connectivity index (χ1) is 9.88. The standard InChI is InChI=1S/C14H24O5S2/c1-11(13(15)18-2)10-21(16,17)12-3-6-19-14(9-12)4-7-20-8-5-14/h11-12H,3-10H2,1-2H3. The second kappa shape index (κ2) is 6.87. The Morgan fingerprint density at radius 3 is 2.71 bits per heavy atom. The van der Waals surface area contributed by atoms with Crippen LogP contribution in [0.5, 0.6) is 0 Å². The Hall–Kier alpha value is -0.270. The maximum absolute atomic E-state index is 12.6. The largest absolute Gasteiger partial charge is 0.469 e. The van der Waals surface area contributed by atoms with Gasteiger partial charge in [0, 0.05) is 6.61 Å². The summed E-state index contributed by atoms with van der Waals surface area (Å²) >= 11 is 1.90.